The first-order chi connectivity index (χ1) is 11.6. The van der Waals surface area contributed by atoms with Gasteiger partial charge in [-0.25, -0.2) is 8.42 Å². The third-order valence-corrected chi connectivity index (χ3v) is 5.30. The van der Waals surface area contributed by atoms with E-state index < -0.39 is 9.84 Å². The fourth-order valence-electron chi connectivity index (χ4n) is 2.43. The second-order valence-electron chi connectivity index (χ2n) is 5.54. The van der Waals surface area contributed by atoms with E-state index in [2.05, 4.69) is 9.97 Å². The standard InChI is InChI=1S/C18H18N2O3S/c1-2-11-24(21,22)13-14-3-5-15(6-4-14)23-16-7-8-17-18(12-16)20-10-9-19-17/h3-10,12H,2,11,13H2,1H3. The molecule has 5 nitrogen and oxygen atoms in total. The summed E-state index contributed by atoms with van der Waals surface area (Å²) in [6, 6.07) is 12.6. The van der Waals surface area contributed by atoms with Crippen molar-refractivity contribution >= 4 is 20.9 Å². The van der Waals surface area contributed by atoms with Gasteiger partial charge in [-0.3, -0.25) is 9.97 Å². The minimum atomic E-state index is -3.04. The second-order valence-corrected chi connectivity index (χ2v) is 7.73. The maximum atomic E-state index is 11.9. The summed E-state index contributed by atoms with van der Waals surface area (Å²) in [5.74, 6) is 1.58. The van der Waals surface area contributed by atoms with E-state index in [4.69, 9.17) is 4.74 Å². The summed E-state index contributed by atoms with van der Waals surface area (Å²) in [4.78, 5) is 8.46. The van der Waals surface area contributed by atoms with Crippen molar-refractivity contribution in [2.45, 2.75) is 19.1 Å². The lowest BCUT2D eigenvalue weighted by Crippen LogP contribution is -2.08. The Morgan fingerprint density at radius 2 is 1.58 bits per heavy atom. The lowest BCUT2D eigenvalue weighted by atomic mass is 10.2. The van der Waals surface area contributed by atoms with Crippen LogP contribution in [0.5, 0.6) is 11.5 Å². The van der Waals surface area contributed by atoms with E-state index >= 15 is 0 Å². The second kappa shape index (κ2) is 6.97. The molecular weight excluding hydrogens is 324 g/mol. The Labute approximate surface area is 141 Å². The molecule has 0 bridgehead atoms. The van der Waals surface area contributed by atoms with Crippen LogP contribution < -0.4 is 4.74 Å². The predicted molar refractivity (Wildman–Crippen MR) is 93.8 cm³/mol. The zero-order valence-electron chi connectivity index (χ0n) is 13.3. The Balaban J connectivity index is 1.73. The highest BCUT2D eigenvalue weighted by Crippen LogP contribution is 2.24. The number of nitrogens with zero attached hydrogens (tertiary/aromatic N) is 2. The van der Waals surface area contributed by atoms with E-state index in [-0.39, 0.29) is 11.5 Å². The summed E-state index contributed by atoms with van der Waals surface area (Å²) in [5.41, 5.74) is 2.33. The van der Waals surface area contributed by atoms with Crippen LogP contribution in [0, 0.1) is 0 Å². The van der Waals surface area contributed by atoms with Crippen molar-refractivity contribution in [1.82, 2.24) is 9.97 Å². The summed E-state index contributed by atoms with van der Waals surface area (Å²) in [7, 11) is -3.04. The van der Waals surface area contributed by atoms with Gasteiger partial charge in [-0.2, -0.15) is 0 Å². The molecule has 3 rings (SSSR count). The van der Waals surface area contributed by atoms with Gasteiger partial charge < -0.3 is 4.74 Å². The van der Waals surface area contributed by atoms with Crippen molar-refractivity contribution in [1.29, 1.82) is 0 Å². The first-order valence-corrected chi connectivity index (χ1v) is 9.56. The van der Waals surface area contributed by atoms with Crippen LogP contribution in [-0.2, 0) is 15.6 Å². The van der Waals surface area contributed by atoms with Crippen LogP contribution in [0.3, 0.4) is 0 Å². The topological polar surface area (TPSA) is 69.2 Å². The summed E-state index contributed by atoms with van der Waals surface area (Å²) in [6.07, 6.45) is 3.92. The highest BCUT2D eigenvalue weighted by atomic mass is 32.2. The van der Waals surface area contributed by atoms with Crippen LogP contribution in [-0.4, -0.2) is 24.1 Å². The van der Waals surface area contributed by atoms with Crippen molar-refractivity contribution in [2.24, 2.45) is 0 Å². The van der Waals surface area contributed by atoms with E-state index in [0.717, 1.165) is 16.6 Å². The number of sulfone groups is 1. The molecule has 124 valence electrons. The van der Waals surface area contributed by atoms with Crippen LogP contribution in [0.1, 0.15) is 18.9 Å². The van der Waals surface area contributed by atoms with Gasteiger partial charge >= 0.3 is 0 Å². The third kappa shape index (κ3) is 4.08. The fourth-order valence-corrected chi connectivity index (χ4v) is 3.90. The molecule has 1 aromatic heterocycles. The van der Waals surface area contributed by atoms with Crippen molar-refractivity contribution in [2.75, 3.05) is 5.75 Å². The average Bonchev–Trinajstić information content (AvgIpc) is 2.56. The lowest BCUT2D eigenvalue weighted by molar-refractivity contribution is 0.483. The van der Waals surface area contributed by atoms with E-state index in [0.29, 0.717) is 17.9 Å². The van der Waals surface area contributed by atoms with Crippen LogP contribution >= 0.6 is 0 Å². The highest BCUT2D eigenvalue weighted by Gasteiger charge is 2.10. The summed E-state index contributed by atoms with van der Waals surface area (Å²) in [5, 5.41) is 0. The molecule has 0 aliphatic heterocycles. The van der Waals surface area contributed by atoms with Crippen molar-refractivity contribution in [3.63, 3.8) is 0 Å². The van der Waals surface area contributed by atoms with E-state index in [1.165, 1.54) is 0 Å². The SMILES string of the molecule is CCCS(=O)(=O)Cc1ccc(Oc2ccc3nccnc3c2)cc1. The molecule has 0 aliphatic rings. The quantitative estimate of drug-likeness (QED) is 0.682. The van der Waals surface area contributed by atoms with E-state index in [1.807, 2.05) is 25.1 Å². The maximum Gasteiger partial charge on any atom is 0.154 e. The molecule has 3 aromatic rings. The average molecular weight is 342 g/mol. The van der Waals surface area contributed by atoms with Gasteiger partial charge in [0.05, 0.1) is 22.5 Å². The van der Waals surface area contributed by atoms with Crippen molar-refractivity contribution < 1.29 is 13.2 Å². The molecule has 1 heterocycles. The van der Waals surface area contributed by atoms with Crippen LogP contribution in [0.25, 0.3) is 11.0 Å². The molecule has 0 atom stereocenters. The molecule has 0 radical (unpaired) electrons. The van der Waals surface area contributed by atoms with Gasteiger partial charge in [-0.05, 0) is 36.2 Å². The Kier molecular flexibility index (Phi) is 4.76. The zero-order chi connectivity index (χ0) is 17.0. The molecule has 0 N–H and O–H groups in total. The summed E-state index contributed by atoms with van der Waals surface area (Å²) < 4.78 is 29.5. The Morgan fingerprint density at radius 3 is 2.29 bits per heavy atom. The fraction of sp³-hybridized carbons (Fsp3) is 0.222. The Hall–Kier alpha value is -2.47. The van der Waals surface area contributed by atoms with Crippen LogP contribution in [0.2, 0.25) is 0 Å². The largest absolute Gasteiger partial charge is 0.457 e. The number of rotatable bonds is 6. The number of fused-ring (bicyclic) bond motifs is 1. The maximum absolute atomic E-state index is 11.9. The molecule has 24 heavy (non-hydrogen) atoms. The molecule has 0 fully saturated rings. The molecule has 0 spiro atoms. The van der Waals surface area contributed by atoms with Crippen LogP contribution in [0.15, 0.2) is 54.9 Å². The number of benzene rings is 2. The first kappa shape index (κ1) is 16.4. The van der Waals surface area contributed by atoms with Gasteiger partial charge in [0.15, 0.2) is 9.84 Å². The molecule has 0 aliphatic carbocycles. The van der Waals surface area contributed by atoms with Gasteiger partial charge in [0, 0.05) is 18.5 Å². The van der Waals surface area contributed by atoms with Gasteiger partial charge in [-0.1, -0.05) is 19.1 Å². The van der Waals surface area contributed by atoms with Crippen molar-refractivity contribution in [3.8, 4) is 11.5 Å². The molecule has 0 unspecified atom stereocenters. The molecule has 0 amide bonds. The lowest BCUT2D eigenvalue weighted by Gasteiger charge is -2.08. The van der Waals surface area contributed by atoms with Crippen LogP contribution in [0.4, 0.5) is 0 Å². The smallest absolute Gasteiger partial charge is 0.154 e. The summed E-state index contributed by atoms with van der Waals surface area (Å²) >= 11 is 0. The first-order valence-electron chi connectivity index (χ1n) is 7.74. The van der Waals surface area contributed by atoms with E-state index in [9.17, 15) is 8.42 Å². The number of ether oxygens (including phenoxy) is 1. The monoisotopic (exact) mass is 342 g/mol. The molecule has 6 heteroatoms. The normalized spacial score (nSPS) is 11.5. The number of hydrogen-bond acceptors (Lipinski definition) is 5. The Morgan fingerprint density at radius 1 is 0.917 bits per heavy atom. The molecular formula is C18H18N2O3S. The van der Waals surface area contributed by atoms with Crippen molar-refractivity contribution in [3.05, 3.63) is 60.4 Å². The summed E-state index contributed by atoms with van der Waals surface area (Å²) in [6.45, 7) is 1.86. The number of hydrogen-bond donors (Lipinski definition) is 0. The molecule has 0 saturated carbocycles. The minimum absolute atomic E-state index is 0.0622. The van der Waals surface area contributed by atoms with Gasteiger partial charge in [-0.15, -0.1) is 0 Å². The molecule has 2 aromatic carbocycles. The Bertz CT molecular complexity index is 938. The third-order valence-electron chi connectivity index (χ3n) is 3.50. The minimum Gasteiger partial charge on any atom is -0.457 e. The number of aromatic nitrogens is 2. The van der Waals surface area contributed by atoms with E-state index in [1.54, 1.807) is 36.7 Å². The highest BCUT2D eigenvalue weighted by molar-refractivity contribution is 7.90. The van der Waals surface area contributed by atoms with Gasteiger partial charge in [0.2, 0.25) is 0 Å². The van der Waals surface area contributed by atoms with Gasteiger partial charge in [0.25, 0.3) is 0 Å². The predicted octanol–water partition coefficient (Wildman–Crippen LogP) is 3.75. The molecule has 0 saturated heterocycles. The zero-order valence-corrected chi connectivity index (χ0v) is 14.2. The van der Waals surface area contributed by atoms with Gasteiger partial charge in [0.1, 0.15) is 11.5 Å².